The van der Waals surface area contributed by atoms with Crippen LogP contribution in [0.5, 0.6) is 0 Å². The van der Waals surface area contributed by atoms with E-state index >= 15 is 0 Å². The van der Waals surface area contributed by atoms with Crippen molar-refractivity contribution >= 4 is 19.5 Å². The number of rotatable bonds is 9. The van der Waals surface area contributed by atoms with E-state index in [1.807, 2.05) is 21.1 Å². The van der Waals surface area contributed by atoms with Crippen LogP contribution in [-0.4, -0.2) is 69.6 Å². The predicted octanol–water partition coefficient (Wildman–Crippen LogP) is -0.243. The molecule has 0 rings (SSSR count). The number of hydrogen-bond donors (Lipinski definition) is 0. The van der Waals surface area contributed by atoms with Crippen LogP contribution in [0.1, 0.15) is 13.8 Å². The summed E-state index contributed by atoms with van der Waals surface area (Å²) in [5, 5.41) is 0. The molecule has 0 fully saturated rings. The number of hydrogen-bond acceptors (Lipinski definition) is 7. The first kappa shape index (κ1) is 20.1. The van der Waals surface area contributed by atoms with Gasteiger partial charge in [-0.15, -0.1) is 0 Å². The van der Waals surface area contributed by atoms with Gasteiger partial charge in [0.25, 0.3) is 0 Å². The van der Waals surface area contributed by atoms with Gasteiger partial charge in [0, 0.05) is 13.8 Å². The fraction of sp³-hybridized carbons (Fsp3) is 0.833. The first-order valence-electron chi connectivity index (χ1n) is 6.47. The molecule has 124 valence electrons. The van der Waals surface area contributed by atoms with Crippen LogP contribution in [0.25, 0.3) is 0 Å². The number of nitrogens with zero attached hydrogens (tertiary/aromatic N) is 1. The molecule has 1 unspecified atom stereocenters. The molecule has 0 aliphatic heterocycles. The third-order valence-electron chi connectivity index (χ3n) is 2.31. The van der Waals surface area contributed by atoms with Crippen LogP contribution in [0.3, 0.4) is 0 Å². The van der Waals surface area contributed by atoms with E-state index in [9.17, 15) is 19.0 Å². The molecule has 0 aromatic heterocycles. The zero-order valence-electron chi connectivity index (χ0n) is 13.2. The molecule has 0 radical (unpaired) electrons. The van der Waals surface area contributed by atoms with Gasteiger partial charge in [-0.2, -0.15) is 0 Å². The fourth-order valence-corrected chi connectivity index (χ4v) is 2.61. The Morgan fingerprint density at radius 3 is 2.14 bits per heavy atom. The number of esters is 2. The molecule has 0 bridgehead atoms. The molecule has 0 aliphatic carbocycles. The number of ether oxygens (including phenoxy) is 2. The molecule has 0 aliphatic rings. The average molecular weight is 325 g/mol. The summed E-state index contributed by atoms with van der Waals surface area (Å²) in [5.74, 6) is -1.16. The molecule has 0 aromatic carbocycles. The maximum absolute atomic E-state index is 11.8. The van der Waals surface area contributed by atoms with Gasteiger partial charge in [0.2, 0.25) is 0 Å². The lowest BCUT2D eigenvalue weighted by atomic mass is 10.4. The minimum atomic E-state index is -4.03. The zero-order valence-corrected chi connectivity index (χ0v) is 14.1. The molecule has 0 aromatic rings. The quantitative estimate of drug-likeness (QED) is 0.327. The predicted molar refractivity (Wildman–Crippen MR) is 73.5 cm³/mol. The SMILES string of the molecule is CC(=O)OC[C@@H](COP(=O)([O-])CC[N+](C)(C)C)OC(C)=O. The lowest BCUT2D eigenvalue weighted by molar-refractivity contribution is -0.868. The monoisotopic (exact) mass is 325 g/mol. The molecule has 0 heterocycles. The maximum atomic E-state index is 11.8. The Morgan fingerprint density at radius 2 is 1.71 bits per heavy atom. The summed E-state index contributed by atoms with van der Waals surface area (Å²) in [4.78, 5) is 33.4. The van der Waals surface area contributed by atoms with Crippen molar-refractivity contribution in [3.05, 3.63) is 0 Å². The summed E-state index contributed by atoms with van der Waals surface area (Å²) < 4.78 is 26.6. The fourth-order valence-electron chi connectivity index (χ4n) is 1.24. The van der Waals surface area contributed by atoms with Crippen molar-refractivity contribution < 1.29 is 37.5 Å². The van der Waals surface area contributed by atoms with E-state index < -0.39 is 25.6 Å². The van der Waals surface area contributed by atoms with Gasteiger partial charge in [0.1, 0.15) is 14.2 Å². The molecule has 0 amide bonds. The van der Waals surface area contributed by atoms with Crippen molar-refractivity contribution in [3.63, 3.8) is 0 Å². The second-order valence-electron chi connectivity index (χ2n) is 5.68. The Kier molecular flexibility index (Phi) is 8.10. The Morgan fingerprint density at radius 1 is 1.14 bits per heavy atom. The normalized spacial score (nSPS) is 15.9. The van der Waals surface area contributed by atoms with Gasteiger partial charge < -0.3 is 27.9 Å². The highest BCUT2D eigenvalue weighted by Crippen LogP contribution is 2.36. The molecule has 9 heteroatoms. The third kappa shape index (κ3) is 12.5. The summed E-state index contributed by atoms with van der Waals surface area (Å²) in [6, 6.07) is 0. The second-order valence-corrected chi connectivity index (χ2v) is 7.61. The Balaban J connectivity index is 4.39. The Bertz CT molecular complexity index is 405. The number of quaternary nitrogens is 1. The van der Waals surface area contributed by atoms with Gasteiger partial charge in [-0.1, -0.05) is 0 Å². The van der Waals surface area contributed by atoms with Gasteiger partial charge >= 0.3 is 11.9 Å². The van der Waals surface area contributed by atoms with Crippen LogP contribution in [0.2, 0.25) is 0 Å². The molecular formula is C12H24NO7P. The molecule has 0 N–H and O–H groups in total. The van der Waals surface area contributed by atoms with E-state index in [2.05, 4.69) is 0 Å². The summed E-state index contributed by atoms with van der Waals surface area (Å²) in [7, 11) is 1.56. The van der Waals surface area contributed by atoms with Gasteiger partial charge in [0.05, 0.1) is 40.5 Å². The highest BCUT2D eigenvalue weighted by atomic mass is 31.2. The van der Waals surface area contributed by atoms with Crippen molar-refractivity contribution in [3.8, 4) is 0 Å². The molecule has 2 atom stereocenters. The first-order chi connectivity index (χ1) is 9.41. The molecule has 0 saturated heterocycles. The average Bonchev–Trinajstić information content (AvgIpc) is 2.29. The zero-order chi connectivity index (χ0) is 16.7. The first-order valence-corrected chi connectivity index (χ1v) is 8.20. The van der Waals surface area contributed by atoms with Crippen molar-refractivity contribution in [1.82, 2.24) is 0 Å². The molecule has 8 nitrogen and oxygen atoms in total. The highest BCUT2D eigenvalue weighted by molar-refractivity contribution is 7.51. The summed E-state index contributed by atoms with van der Waals surface area (Å²) in [6.45, 7) is 2.15. The molecular weight excluding hydrogens is 301 g/mol. The van der Waals surface area contributed by atoms with E-state index in [-0.39, 0.29) is 19.4 Å². The van der Waals surface area contributed by atoms with Crippen LogP contribution < -0.4 is 4.89 Å². The van der Waals surface area contributed by atoms with E-state index in [1.165, 1.54) is 13.8 Å². The van der Waals surface area contributed by atoms with Gasteiger partial charge in [0.15, 0.2) is 6.10 Å². The molecule has 0 spiro atoms. The van der Waals surface area contributed by atoms with E-state index in [4.69, 9.17) is 14.0 Å². The van der Waals surface area contributed by atoms with Crippen molar-refractivity contribution in [2.24, 2.45) is 0 Å². The van der Waals surface area contributed by atoms with Crippen molar-refractivity contribution in [2.45, 2.75) is 20.0 Å². The Labute approximate surface area is 125 Å². The lowest BCUT2D eigenvalue weighted by Crippen LogP contribution is -2.38. The van der Waals surface area contributed by atoms with E-state index in [0.717, 1.165) is 0 Å². The number of carbonyl (C=O) groups is 2. The van der Waals surface area contributed by atoms with Gasteiger partial charge in [-0.25, -0.2) is 0 Å². The van der Waals surface area contributed by atoms with E-state index in [1.54, 1.807) is 0 Å². The summed E-state index contributed by atoms with van der Waals surface area (Å²) in [6.07, 6.45) is -1.07. The summed E-state index contributed by atoms with van der Waals surface area (Å²) >= 11 is 0. The summed E-state index contributed by atoms with van der Waals surface area (Å²) in [5.41, 5.74) is 0. The standard InChI is InChI=1S/C12H24NO7P/c1-10(14)18-8-12(20-11(2)15)9-19-21(16,17)7-6-13(3,4)5/h12H,6-9H2,1-5H3/t12-/m0/s1. The van der Waals surface area contributed by atoms with Gasteiger partial charge in [-0.3, -0.25) is 9.59 Å². The topological polar surface area (TPSA) is 102 Å². The van der Waals surface area contributed by atoms with Crippen LogP contribution >= 0.6 is 7.60 Å². The van der Waals surface area contributed by atoms with Crippen LogP contribution in [-0.2, 0) is 28.2 Å². The van der Waals surface area contributed by atoms with Crippen LogP contribution in [0, 0.1) is 0 Å². The minimum Gasteiger partial charge on any atom is -0.778 e. The van der Waals surface area contributed by atoms with E-state index in [0.29, 0.717) is 11.0 Å². The smallest absolute Gasteiger partial charge is 0.303 e. The highest BCUT2D eigenvalue weighted by Gasteiger charge is 2.20. The molecule has 21 heavy (non-hydrogen) atoms. The maximum Gasteiger partial charge on any atom is 0.303 e. The lowest BCUT2D eigenvalue weighted by Gasteiger charge is -2.30. The van der Waals surface area contributed by atoms with Gasteiger partial charge in [-0.05, 0) is 0 Å². The largest absolute Gasteiger partial charge is 0.778 e. The second kappa shape index (κ2) is 8.48. The minimum absolute atomic E-state index is 0.128. The third-order valence-corrected chi connectivity index (χ3v) is 3.60. The number of carbonyl (C=O) groups excluding carboxylic acids is 2. The van der Waals surface area contributed by atoms with Crippen molar-refractivity contribution in [2.75, 3.05) is 47.1 Å². The van der Waals surface area contributed by atoms with Crippen LogP contribution in [0.15, 0.2) is 0 Å². The molecule has 0 saturated carbocycles. The van der Waals surface area contributed by atoms with Crippen molar-refractivity contribution in [1.29, 1.82) is 0 Å². The Hall–Kier alpha value is -0.950. The van der Waals surface area contributed by atoms with Crippen LogP contribution in [0.4, 0.5) is 0 Å².